The lowest BCUT2D eigenvalue weighted by Gasteiger charge is -2.37. The molecular weight excluding hydrogens is 427 g/mol. The van der Waals surface area contributed by atoms with E-state index >= 15 is 0 Å². The number of ether oxygens (including phenoxy) is 1. The number of hydrogen-bond donors (Lipinski definition) is 1. The second kappa shape index (κ2) is 9.20. The van der Waals surface area contributed by atoms with Crippen molar-refractivity contribution in [2.45, 2.75) is 0 Å². The highest BCUT2D eigenvalue weighted by atomic mass is 35.5. The molecule has 0 bridgehead atoms. The Morgan fingerprint density at radius 2 is 1.53 bits per heavy atom. The number of nitroso groups, excluding NO2 is 1. The van der Waals surface area contributed by atoms with Gasteiger partial charge in [0.25, 0.3) is 11.6 Å². The summed E-state index contributed by atoms with van der Waals surface area (Å²) in [5, 5.41) is 3.10. The van der Waals surface area contributed by atoms with Gasteiger partial charge in [0.05, 0.1) is 35.2 Å². The third-order valence-corrected chi connectivity index (χ3v) is 6.05. The molecule has 0 aliphatic carbocycles. The maximum absolute atomic E-state index is 13.4. The molecule has 0 radical (unpaired) electrons. The van der Waals surface area contributed by atoms with E-state index in [1.807, 2.05) is 28.3 Å². The monoisotopic (exact) mass is 449 g/mol. The first-order chi connectivity index (χ1) is 14.6. The highest BCUT2D eigenvalue weighted by molar-refractivity contribution is 6.36. The second-order valence-corrected chi connectivity index (χ2v) is 8.15. The first kappa shape index (κ1) is 20.9. The number of nitrogens with zero attached hydrogens (tertiary/aromatic N) is 3. The van der Waals surface area contributed by atoms with Crippen molar-refractivity contribution in [3.63, 3.8) is 0 Å². The number of anilines is 2. The summed E-state index contributed by atoms with van der Waals surface area (Å²) in [5.41, 5.74) is 2.67. The van der Waals surface area contributed by atoms with Crippen LogP contribution in [0.5, 0.6) is 0 Å². The molecule has 1 amide bonds. The minimum Gasteiger partial charge on any atom is -0.378 e. The molecule has 0 aromatic heterocycles. The fraction of sp³-hybridized carbons (Fsp3) is 0.381. The van der Waals surface area contributed by atoms with Crippen molar-refractivity contribution >= 4 is 46.2 Å². The van der Waals surface area contributed by atoms with Gasteiger partial charge in [-0.05, 0) is 24.3 Å². The third kappa shape index (κ3) is 4.38. The Hall–Kier alpha value is -2.35. The van der Waals surface area contributed by atoms with Crippen molar-refractivity contribution in [1.29, 1.82) is 0 Å². The van der Waals surface area contributed by atoms with Crippen LogP contribution >= 0.6 is 23.2 Å². The smallest absolute Gasteiger partial charge is 0.256 e. The molecular formula is C21H23Cl2N4O3+. The van der Waals surface area contributed by atoms with Gasteiger partial charge >= 0.3 is 0 Å². The molecule has 9 heteroatoms. The van der Waals surface area contributed by atoms with Gasteiger partial charge in [0, 0.05) is 66.5 Å². The summed E-state index contributed by atoms with van der Waals surface area (Å²) in [5.74, 6) is -0.0737. The summed E-state index contributed by atoms with van der Waals surface area (Å²) < 4.78 is 5.43. The quantitative estimate of drug-likeness (QED) is 0.775. The van der Waals surface area contributed by atoms with Crippen molar-refractivity contribution in [2.24, 2.45) is 0 Å². The number of carbonyl (C=O) groups excluding carboxylic acids is 1. The number of piperazine rings is 1. The van der Waals surface area contributed by atoms with Crippen LogP contribution in [0.2, 0.25) is 10.0 Å². The standard InChI is InChI=1S/C21H22Cl2N4O3/c22-15-1-3-20(18(23)13-15)25-5-7-27(8-6-25)21(28)17-14-16(24-29)2-4-19(17)26-9-11-30-12-10-26/h1-4,13-14H,5-12H2/p+1. The minimum atomic E-state index is -0.0737. The van der Waals surface area contributed by atoms with E-state index in [4.69, 9.17) is 27.9 Å². The summed E-state index contributed by atoms with van der Waals surface area (Å²) in [7, 11) is 0. The molecule has 2 aliphatic rings. The number of amides is 1. The Bertz CT molecular complexity index is 942. The van der Waals surface area contributed by atoms with E-state index in [1.165, 1.54) is 0 Å². The number of benzene rings is 2. The normalized spacial score (nSPS) is 17.2. The zero-order chi connectivity index (χ0) is 21.1. The van der Waals surface area contributed by atoms with Crippen LogP contribution in [0.1, 0.15) is 10.4 Å². The van der Waals surface area contributed by atoms with E-state index in [1.54, 1.807) is 18.2 Å². The lowest BCUT2D eigenvalue weighted by Crippen LogP contribution is -2.56. The van der Waals surface area contributed by atoms with Gasteiger partial charge in [-0.15, -0.1) is 0 Å². The molecule has 30 heavy (non-hydrogen) atoms. The van der Waals surface area contributed by atoms with Gasteiger partial charge in [0.1, 0.15) is 0 Å². The molecule has 0 unspecified atom stereocenters. The second-order valence-electron chi connectivity index (χ2n) is 7.31. The average molecular weight is 450 g/mol. The van der Waals surface area contributed by atoms with Gasteiger partial charge in [-0.25, -0.2) is 0 Å². The van der Waals surface area contributed by atoms with Crippen molar-refractivity contribution in [3.05, 3.63) is 56.9 Å². The van der Waals surface area contributed by atoms with E-state index in [-0.39, 0.29) is 5.91 Å². The lowest BCUT2D eigenvalue weighted by molar-refractivity contribution is -0.379. The molecule has 4 rings (SSSR count). The maximum atomic E-state index is 13.4. The number of rotatable bonds is 4. The Labute approximate surface area is 185 Å². The van der Waals surface area contributed by atoms with E-state index in [2.05, 4.69) is 9.80 Å². The van der Waals surface area contributed by atoms with E-state index in [0.717, 1.165) is 11.4 Å². The molecule has 2 fully saturated rings. The molecule has 2 aromatic carbocycles. The summed E-state index contributed by atoms with van der Waals surface area (Å²) in [6.45, 7) is 5.13. The molecule has 0 spiro atoms. The highest BCUT2D eigenvalue weighted by Gasteiger charge is 2.27. The Morgan fingerprint density at radius 3 is 2.20 bits per heavy atom. The molecule has 2 heterocycles. The first-order valence-corrected chi connectivity index (χ1v) is 10.7. The Kier molecular flexibility index (Phi) is 6.41. The summed E-state index contributed by atoms with van der Waals surface area (Å²) in [6.07, 6.45) is 0. The van der Waals surface area contributed by atoms with E-state index in [0.29, 0.717) is 73.8 Å². The van der Waals surface area contributed by atoms with Gasteiger partial charge in [-0.1, -0.05) is 23.2 Å². The van der Waals surface area contributed by atoms with Crippen molar-refractivity contribution < 1.29 is 14.7 Å². The highest BCUT2D eigenvalue weighted by Crippen LogP contribution is 2.30. The summed E-state index contributed by atoms with van der Waals surface area (Å²) in [4.78, 5) is 30.7. The Morgan fingerprint density at radius 1 is 0.867 bits per heavy atom. The largest absolute Gasteiger partial charge is 0.378 e. The predicted molar refractivity (Wildman–Crippen MR) is 118 cm³/mol. The van der Waals surface area contributed by atoms with Gasteiger partial charge in [0.15, 0.2) is 0 Å². The van der Waals surface area contributed by atoms with Crippen LogP contribution in [0.3, 0.4) is 0 Å². The maximum Gasteiger partial charge on any atom is 0.256 e. The van der Waals surface area contributed by atoms with Crippen LogP contribution in [-0.4, -0.2) is 63.3 Å². The summed E-state index contributed by atoms with van der Waals surface area (Å²) >= 11 is 12.3. The van der Waals surface area contributed by atoms with Crippen LogP contribution < -0.4 is 15.0 Å². The molecule has 2 aliphatic heterocycles. The van der Waals surface area contributed by atoms with Crippen LogP contribution in [0.15, 0.2) is 36.4 Å². The number of carbonyl (C=O) groups is 1. The van der Waals surface area contributed by atoms with E-state index in [9.17, 15) is 9.70 Å². The predicted octanol–water partition coefficient (Wildman–Crippen LogP) is 2.27. The molecule has 2 saturated heterocycles. The first-order valence-electron chi connectivity index (χ1n) is 9.91. The molecule has 2 aromatic rings. The number of morpholine rings is 1. The van der Waals surface area contributed by atoms with Crippen LogP contribution in [0.25, 0.3) is 0 Å². The minimum absolute atomic E-state index is 0.0737. The van der Waals surface area contributed by atoms with Gasteiger partial charge in [0.2, 0.25) is 0 Å². The zero-order valence-electron chi connectivity index (χ0n) is 16.4. The topological polar surface area (TPSA) is 67.1 Å². The lowest BCUT2D eigenvalue weighted by atomic mass is 10.1. The van der Waals surface area contributed by atoms with Gasteiger partial charge in [-0.3, -0.25) is 4.79 Å². The SMILES string of the molecule is O=[NH+]c1ccc(N2CCOCC2)c(C(=O)N2CCN(c3ccc(Cl)cc3Cl)CC2)c1. The Balaban J connectivity index is 1.51. The average Bonchev–Trinajstić information content (AvgIpc) is 2.79. The number of nitrogens with one attached hydrogen (secondary N) is 1. The molecule has 158 valence electrons. The van der Waals surface area contributed by atoms with Crippen molar-refractivity contribution in [1.82, 2.24) is 4.90 Å². The fourth-order valence-electron chi connectivity index (χ4n) is 3.91. The molecule has 7 nitrogen and oxygen atoms in total. The fourth-order valence-corrected chi connectivity index (χ4v) is 4.44. The molecule has 0 atom stereocenters. The van der Waals surface area contributed by atoms with Gasteiger partial charge in [-0.2, -0.15) is 0 Å². The van der Waals surface area contributed by atoms with Crippen molar-refractivity contribution in [3.8, 4) is 0 Å². The number of halogens is 2. The van der Waals surface area contributed by atoms with Crippen LogP contribution in [0, 0.1) is 4.91 Å². The van der Waals surface area contributed by atoms with E-state index < -0.39 is 0 Å². The zero-order valence-corrected chi connectivity index (χ0v) is 18.0. The summed E-state index contributed by atoms with van der Waals surface area (Å²) in [6, 6.07) is 10.6. The van der Waals surface area contributed by atoms with Crippen molar-refractivity contribution in [2.75, 3.05) is 62.3 Å². The van der Waals surface area contributed by atoms with Gasteiger partial charge < -0.3 is 19.4 Å². The molecule has 0 saturated carbocycles. The molecule has 1 N–H and O–H groups in total. The van der Waals surface area contributed by atoms with Crippen LogP contribution in [0.4, 0.5) is 17.1 Å². The number of hydrogen-bond acceptors (Lipinski definition) is 5. The third-order valence-electron chi connectivity index (χ3n) is 5.51. The van der Waals surface area contributed by atoms with Crippen LogP contribution in [-0.2, 0) is 4.74 Å².